The Hall–Kier alpha value is -2.64. The second-order valence-corrected chi connectivity index (χ2v) is 9.41. The Bertz CT molecular complexity index is 1050. The number of hydrogen-bond acceptors (Lipinski definition) is 2. The van der Waals surface area contributed by atoms with Gasteiger partial charge in [0, 0.05) is 12.2 Å². The van der Waals surface area contributed by atoms with Crippen LogP contribution in [0, 0.1) is 35.3 Å². The lowest BCUT2D eigenvalue weighted by atomic mass is 9.65. The third-order valence-corrected chi connectivity index (χ3v) is 7.31. The van der Waals surface area contributed by atoms with Gasteiger partial charge in [-0.15, -0.1) is 0 Å². The number of hydrogen-bond donors (Lipinski definition) is 0. The van der Waals surface area contributed by atoms with E-state index in [0.29, 0.717) is 12.0 Å². The van der Waals surface area contributed by atoms with E-state index in [-0.39, 0.29) is 17.9 Å². The molecule has 0 saturated heterocycles. The zero-order valence-corrected chi connectivity index (χ0v) is 20.2. The fourth-order valence-corrected chi connectivity index (χ4v) is 5.49. The molecule has 2 aromatic carbocycles. The average molecular weight is 465 g/mol. The highest BCUT2D eigenvalue weighted by Gasteiger charge is 2.36. The Kier molecular flexibility index (Phi) is 8.40. The smallest absolute Gasteiger partial charge is 0.201 e. The van der Waals surface area contributed by atoms with Crippen molar-refractivity contribution in [2.75, 3.05) is 13.2 Å². The fourth-order valence-electron chi connectivity index (χ4n) is 5.49. The molecule has 2 aromatic rings. The number of ether oxygens (including phenoxy) is 2. The normalized spacial score (nSPS) is 24.4. The van der Waals surface area contributed by atoms with Crippen LogP contribution in [0.5, 0.6) is 5.75 Å². The minimum absolute atomic E-state index is 0.0286. The van der Waals surface area contributed by atoms with Crippen LogP contribution in [0.3, 0.4) is 0 Å². The molecule has 4 unspecified atom stereocenters. The highest BCUT2D eigenvalue weighted by molar-refractivity contribution is 5.46. The number of rotatable bonds is 6. The first-order valence-electron chi connectivity index (χ1n) is 12.5. The van der Waals surface area contributed by atoms with Crippen LogP contribution in [0.15, 0.2) is 48.6 Å². The summed E-state index contributed by atoms with van der Waals surface area (Å²) in [7, 11) is 0. The summed E-state index contributed by atoms with van der Waals surface area (Å²) in [5.74, 6) is 5.86. The molecule has 0 radical (unpaired) electrons. The van der Waals surface area contributed by atoms with Crippen molar-refractivity contribution in [3.05, 3.63) is 76.9 Å². The molecule has 2 aliphatic rings. The number of allylic oxidation sites excluding steroid dienone is 1. The minimum atomic E-state index is -1.00. The average Bonchev–Trinajstić information content (AvgIpc) is 2.86. The van der Waals surface area contributed by atoms with E-state index in [0.717, 1.165) is 24.0 Å². The molecule has 2 aliphatic carbocycles. The second kappa shape index (κ2) is 11.7. The van der Waals surface area contributed by atoms with E-state index in [4.69, 9.17) is 9.47 Å². The molecule has 0 heterocycles. The Labute approximate surface area is 202 Å². The van der Waals surface area contributed by atoms with E-state index in [1.54, 1.807) is 12.2 Å². The van der Waals surface area contributed by atoms with E-state index >= 15 is 0 Å². The van der Waals surface area contributed by atoms with E-state index in [9.17, 15) is 8.78 Å². The van der Waals surface area contributed by atoms with Gasteiger partial charge in [-0.3, -0.25) is 0 Å². The summed E-state index contributed by atoms with van der Waals surface area (Å²) in [6, 6.07) is 11.2. The van der Waals surface area contributed by atoms with Crippen molar-refractivity contribution in [1.29, 1.82) is 0 Å². The summed E-state index contributed by atoms with van der Waals surface area (Å²) < 4.78 is 39.8. The molecule has 34 heavy (non-hydrogen) atoms. The summed E-state index contributed by atoms with van der Waals surface area (Å²) in [5, 5.41) is 0. The van der Waals surface area contributed by atoms with Gasteiger partial charge in [0.2, 0.25) is 5.82 Å². The molecule has 4 heteroatoms. The zero-order chi connectivity index (χ0) is 23.9. The van der Waals surface area contributed by atoms with Gasteiger partial charge in [0.1, 0.15) is 6.61 Å². The van der Waals surface area contributed by atoms with E-state index in [1.807, 2.05) is 19.1 Å². The highest BCUT2D eigenvalue weighted by Crippen LogP contribution is 2.46. The molecule has 4 atom stereocenters. The van der Waals surface area contributed by atoms with Gasteiger partial charge < -0.3 is 9.47 Å². The Balaban J connectivity index is 1.38. The van der Waals surface area contributed by atoms with E-state index < -0.39 is 11.6 Å². The standard InChI is InChI=1S/C30H34F2O2/c1-3-5-18-34-28-17-15-23(29(31)30(28)32)11-8-21-6-9-22(10-7-21)24-12-13-26-20-27(33-4-2)16-14-25(26)19-24/h3,5-7,9-10,15,17,24-27H,4,12-14,16,18-20H2,1-2H3/b5-3+. The van der Waals surface area contributed by atoms with Crippen LogP contribution in [0.1, 0.15) is 75.0 Å². The molecule has 0 amide bonds. The summed E-state index contributed by atoms with van der Waals surface area (Å²) in [6.07, 6.45) is 11.4. The molecular formula is C30H34F2O2. The van der Waals surface area contributed by atoms with Crippen molar-refractivity contribution >= 4 is 0 Å². The molecule has 2 nitrogen and oxygen atoms in total. The predicted molar refractivity (Wildman–Crippen MR) is 132 cm³/mol. The van der Waals surface area contributed by atoms with Crippen LogP contribution in [-0.4, -0.2) is 19.3 Å². The molecule has 2 saturated carbocycles. The summed E-state index contributed by atoms with van der Waals surface area (Å²) in [6.45, 7) is 4.94. The van der Waals surface area contributed by atoms with Crippen molar-refractivity contribution in [2.24, 2.45) is 11.8 Å². The molecule has 0 aromatic heterocycles. The quantitative estimate of drug-likeness (QED) is 0.327. The first-order chi connectivity index (χ1) is 16.6. The molecule has 180 valence electrons. The lowest BCUT2D eigenvalue weighted by Gasteiger charge is -2.42. The van der Waals surface area contributed by atoms with Crippen molar-refractivity contribution < 1.29 is 18.3 Å². The molecule has 0 bridgehead atoms. The van der Waals surface area contributed by atoms with Gasteiger partial charge in [-0.1, -0.05) is 36.1 Å². The van der Waals surface area contributed by atoms with Crippen molar-refractivity contribution in [3.63, 3.8) is 0 Å². The predicted octanol–water partition coefficient (Wildman–Crippen LogP) is 7.41. The van der Waals surface area contributed by atoms with Crippen molar-refractivity contribution in [3.8, 4) is 17.6 Å². The first kappa shape index (κ1) is 24.5. The van der Waals surface area contributed by atoms with Crippen molar-refractivity contribution in [1.82, 2.24) is 0 Å². The van der Waals surface area contributed by atoms with Gasteiger partial charge in [0.25, 0.3) is 0 Å². The second-order valence-electron chi connectivity index (χ2n) is 9.41. The van der Waals surface area contributed by atoms with Crippen LogP contribution in [0.4, 0.5) is 8.78 Å². The van der Waals surface area contributed by atoms with E-state index in [2.05, 4.69) is 30.9 Å². The van der Waals surface area contributed by atoms with Gasteiger partial charge in [-0.05, 0) is 100.0 Å². The minimum Gasteiger partial charge on any atom is -0.486 e. The van der Waals surface area contributed by atoms with Gasteiger partial charge >= 0.3 is 0 Å². The van der Waals surface area contributed by atoms with Crippen LogP contribution < -0.4 is 4.74 Å². The Morgan fingerprint density at radius 3 is 2.44 bits per heavy atom. The third kappa shape index (κ3) is 5.88. The van der Waals surface area contributed by atoms with E-state index in [1.165, 1.54) is 56.2 Å². The maximum Gasteiger partial charge on any atom is 0.201 e. The first-order valence-corrected chi connectivity index (χ1v) is 12.5. The van der Waals surface area contributed by atoms with Gasteiger partial charge in [0.15, 0.2) is 11.6 Å². The number of benzene rings is 2. The molecule has 0 spiro atoms. The monoisotopic (exact) mass is 464 g/mol. The third-order valence-electron chi connectivity index (χ3n) is 7.31. The zero-order valence-electron chi connectivity index (χ0n) is 20.2. The summed E-state index contributed by atoms with van der Waals surface area (Å²) >= 11 is 0. The summed E-state index contributed by atoms with van der Waals surface area (Å²) in [5.41, 5.74) is 2.18. The highest BCUT2D eigenvalue weighted by atomic mass is 19.2. The lowest BCUT2D eigenvalue weighted by molar-refractivity contribution is -0.00955. The van der Waals surface area contributed by atoms with Crippen LogP contribution >= 0.6 is 0 Å². The van der Waals surface area contributed by atoms with Crippen LogP contribution in [0.2, 0.25) is 0 Å². The fraction of sp³-hybridized carbons (Fsp3) is 0.467. The molecule has 4 rings (SSSR count). The maximum atomic E-state index is 14.4. The van der Waals surface area contributed by atoms with Gasteiger partial charge in [0.05, 0.1) is 11.7 Å². The van der Waals surface area contributed by atoms with Gasteiger partial charge in [-0.25, -0.2) is 4.39 Å². The molecule has 0 aliphatic heterocycles. The van der Waals surface area contributed by atoms with Crippen molar-refractivity contribution in [2.45, 2.75) is 64.4 Å². The summed E-state index contributed by atoms with van der Waals surface area (Å²) in [4.78, 5) is 0. The largest absolute Gasteiger partial charge is 0.486 e. The number of fused-ring (bicyclic) bond motifs is 1. The van der Waals surface area contributed by atoms with Crippen LogP contribution in [0.25, 0.3) is 0 Å². The SMILES string of the molecule is C/C=C/COc1ccc(C#Cc2ccc(C3CCC4CC(OCC)CCC4C3)cc2)c(F)c1F. The van der Waals surface area contributed by atoms with Gasteiger partial charge in [-0.2, -0.15) is 4.39 Å². The lowest BCUT2D eigenvalue weighted by Crippen LogP contribution is -2.33. The molecular weight excluding hydrogens is 430 g/mol. The van der Waals surface area contributed by atoms with Crippen LogP contribution in [-0.2, 0) is 4.74 Å². The molecule has 2 fully saturated rings. The Morgan fingerprint density at radius 1 is 0.912 bits per heavy atom. The molecule has 0 N–H and O–H groups in total. The number of halogens is 2. The topological polar surface area (TPSA) is 18.5 Å². The maximum absolute atomic E-state index is 14.4. The Morgan fingerprint density at radius 2 is 1.68 bits per heavy atom.